The molecule has 0 N–H and O–H groups in total. The molecule has 0 fully saturated rings. The third-order valence-corrected chi connectivity index (χ3v) is 7.00. The third-order valence-electron chi connectivity index (χ3n) is 6.68. The van der Waals surface area contributed by atoms with E-state index in [0.717, 1.165) is 11.4 Å². The number of halogens is 1. The molecule has 3 rings (SSSR count). The first-order valence-electron chi connectivity index (χ1n) is 13.2. The molecule has 0 saturated carbocycles. The van der Waals surface area contributed by atoms with E-state index in [0.29, 0.717) is 0 Å². The topological polar surface area (TPSA) is 0 Å². The molecule has 3 aromatic carbocycles. The van der Waals surface area contributed by atoms with E-state index in [-0.39, 0.29) is 0 Å². The van der Waals surface area contributed by atoms with Crippen molar-refractivity contribution in [2.75, 3.05) is 0 Å². The SMILES string of the molecule is CCCCCCCCCCCCCCc1cccc(Cl)c1-c1ccccc1-c1ccccc1. The summed E-state index contributed by atoms with van der Waals surface area (Å²) in [4.78, 5) is 0. The van der Waals surface area contributed by atoms with Crippen LogP contribution < -0.4 is 0 Å². The van der Waals surface area contributed by atoms with Gasteiger partial charge >= 0.3 is 0 Å². The molecule has 176 valence electrons. The van der Waals surface area contributed by atoms with Gasteiger partial charge in [0.15, 0.2) is 0 Å². The molecule has 3 aromatic rings. The Hall–Kier alpha value is -2.05. The first-order valence-corrected chi connectivity index (χ1v) is 13.6. The highest BCUT2D eigenvalue weighted by Gasteiger charge is 2.14. The maximum absolute atomic E-state index is 6.77. The lowest BCUT2D eigenvalue weighted by molar-refractivity contribution is 0.544. The predicted molar refractivity (Wildman–Crippen MR) is 147 cm³/mol. The van der Waals surface area contributed by atoms with Crippen LogP contribution in [0.2, 0.25) is 5.02 Å². The Morgan fingerprint density at radius 1 is 0.515 bits per heavy atom. The zero-order valence-electron chi connectivity index (χ0n) is 20.5. The van der Waals surface area contributed by atoms with Gasteiger partial charge in [0.25, 0.3) is 0 Å². The number of unbranched alkanes of at least 4 members (excludes halogenated alkanes) is 11. The van der Waals surface area contributed by atoms with E-state index < -0.39 is 0 Å². The summed E-state index contributed by atoms with van der Waals surface area (Å²) in [6.45, 7) is 2.29. The van der Waals surface area contributed by atoms with Crippen LogP contribution in [0.15, 0.2) is 72.8 Å². The van der Waals surface area contributed by atoms with Crippen molar-refractivity contribution in [2.24, 2.45) is 0 Å². The van der Waals surface area contributed by atoms with E-state index in [9.17, 15) is 0 Å². The Morgan fingerprint density at radius 2 is 1.06 bits per heavy atom. The Morgan fingerprint density at radius 3 is 1.70 bits per heavy atom. The van der Waals surface area contributed by atoms with Crippen LogP contribution >= 0.6 is 11.6 Å². The minimum absolute atomic E-state index is 0.856. The molecule has 0 nitrogen and oxygen atoms in total. The molecular weight excluding hydrogens is 420 g/mol. The maximum atomic E-state index is 6.77. The molecule has 1 heteroatoms. The second-order valence-corrected chi connectivity index (χ2v) is 9.73. The van der Waals surface area contributed by atoms with Crippen molar-refractivity contribution in [3.05, 3.63) is 83.4 Å². The first kappa shape index (κ1) is 25.6. The fourth-order valence-electron chi connectivity index (χ4n) is 4.81. The zero-order valence-corrected chi connectivity index (χ0v) is 21.3. The van der Waals surface area contributed by atoms with Gasteiger partial charge in [0.05, 0.1) is 0 Å². The standard InChI is InChI=1S/C32H41Cl/c1-2-3-4-5-6-7-8-9-10-11-12-14-22-28-23-19-26-31(33)32(28)30-25-18-17-24-29(30)27-20-15-13-16-21-27/h13,15-21,23-26H,2-12,14,22H2,1H3. The quantitative estimate of drug-likeness (QED) is 0.198. The fraction of sp³-hybridized carbons (Fsp3) is 0.438. The van der Waals surface area contributed by atoms with Crippen LogP contribution in [0.1, 0.15) is 89.5 Å². The summed E-state index contributed by atoms with van der Waals surface area (Å²) in [5.74, 6) is 0. The van der Waals surface area contributed by atoms with Gasteiger partial charge in [0.1, 0.15) is 0 Å². The minimum atomic E-state index is 0.856. The molecule has 0 amide bonds. The number of hydrogen-bond donors (Lipinski definition) is 0. The smallest absolute Gasteiger partial charge is 0.0487 e. The van der Waals surface area contributed by atoms with Gasteiger partial charge in [-0.05, 0) is 41.2 Å². The lowest BCUT2D eigenvalue weighted by Crippen LogP contribution is -1.94. The van der Waals surface area contributed by atoms with Crippen molar-refractivity contribution < 1.29 is 0 Å². The number of rotatable bonds is 15. The molecular formula is C32H41Cl. The Kier molecular flexibility index (Phi) is 11.6. The molecule has 0 saturated heterocycles. The molecule has 0 aliphatic rings. The predicted octanol–water partition coefficient (Wildman–Crippen LogP) is 10.9. The van der Waals surface area contributed by atoms with Gasteiger partial charge in [-0.1, -0.05) is 156 Å². The van der Waals surface area contributed by atoms with E-state index >= 15 is 0 Å². The molecule has 0 aliphatic heterocycles. The highest BCUT2D eigenvalue weighted by Crippen LogP contribution is 2.38. The Labute approximate surface area is 207 Å². The van der Waals surface area contributed by atoms with E-state index in [2.05, 4.69) is 73.7 Å². The molecule has 0 radical (unpaired) electrons. The average molecular weight is 461 g/mol. The summed E-state index contributed by atoms with van der Waals surface area (Å²) in [6.07, 6.45) is 17.7. The summed E-state index contributed by atoms with van der Waals surface area (Å²) in [6, 6.07) is 25.7. The Bertz CT molecular complexity index is 928. The van der Waals surface area contributed by atoms with Crippen LogP contribution in [0, 0.1) is 0 Å². The van der Waals surface area contributed by atoms with Crippen molar-refractivity contribution in [2.45, 2.75) is 90.4 Å². The maximum Gasteiger partial charge on any atom is 0.0487 e. The summed E-state index contributed by atoms with van der Waals surface area (Å²) in [5, 5.41) is 0.856. The highest BCUT2D eigenvalue weighted by atomic mass is 35.5. The second kappa shape index (κ2) is 15.0. The van der Waals surface area contributed by atoms with Gasteiger partial charge in [-0.15, -0.1) is 0 Å². The normalized spacial score (nSPS) is 11.1. The molecule has 0 aromatic heterocycles. The number of benzene rings is 3. The number of hydrogen-bond acceptors (Lipinski definition) is 0. The lowest BCUT2D eigenvalue weighted by atomic mass is 9.90. The summed E-state index contributed by atoms with van der Waals surface area (Å²) < 4.78 is 0. The Balaban J connectivity index is 1.51. The van der Waals surface area contributed by atoms with Gasteiger partial charge in [-0.3, -0.25) is 0 Å². The molecule has 0 aliphatic carbocycles. The van der Waals surface area contributed by atoms with Crippen molar-refractivity contribution in [1.82, 2.24) is 0 Å². The van der Waals surface area contributed by atoms with E-state index in [4.69, 9.17) is 11.6 Å². The average Bonchev–Trinajstić information content (AvgIpc) is 2.85. The highest BCUT2D eigenvalue weighted by molar-refractivity contribution is 6.33. The van der Waals surface area contributed by atoms with Crippen LogP contribution in [0.3, 0.4) is 0 Å². The van der Waals surface area contributed by atoms with Crippen molar-refractivity contribution in [3.8, 4) is 22.3 Å². The zero-order chi connectivity index (χ0) is 23.1. The molecule has 0 heterocycles. The van der Waals surface area contributed by atoms with Crippen LogP contribution in [0.5, 0.6) is 0 Å². The molecule has 0 spiro atoms. The second-order valence-electron chi connectivity index (χ2n) is 9.32. The number of aryl methyl sites for hydroxylation is 1. The van der Waals surface area contributed by atoms with E-state index in [1.54, 1.807) is 0 Å². The van der Waals surface area contributed by atoms with Crippen molar-refractivity contribution in [1.29, 1.82) is 0 Å². The summed E-state index contributed by atoms with van der Waals surface area (Å²) >= 11 is 6.77. The van der Waals surface area contributed by atoms with Crippen LogP contribution in [0.4, 0.5) is 0 Å². The van der Waals surface area contributed by atoms with Gasteiger partial charge in [0, 0.05) is 10.6 Å². The largest absolute Gasteiger partial charge is 0.0837 e. The van der Waals surface area contributed by atoms with E-state index in [1.807, 2.05) is 6.07 Å². The molecule has 0 atom stereocenters. The van der Waals surface area contributed by atoms with Crippen molar-refractivity contribution >= 4 is 11.6 Å². The monoisotopic (exact) mass is 460 g/mol. The third kappa shape index (κ3) is 8.35. The fourth-order valence-corrected chi connectivity index (χ4v) is 5.10. The molecule has 0 bridgehead atoms. The van der Waals surface area contributed by atoms with Gasteiger partial charge in [-0.25, -0.2) is 0 Å². The minimum Gasteiger partial charge on any atom is -0.0837 e. The van der Waals surface area contributed by atoms with Crippen LogP contribution in [-0.4, -0.2) is 0 Å². The van der Waals surface area contributed by atoms with E-state index in [1.165, 1.54) is 105 Å². The summed E-state index contributed by atoms with van der Waals surface area (Å²) in [5.41, 5.74) is 6.31. The van der Waals surface area contributed by atoms with Gasteiger partial charge in [0.2, 0.25) is 0 Å². The molecule has 33 heavy (non-hydrogen) atoms. The van der Waals surface area contributed by atoms with Crippen molar-refractivity contribution in [3.63, 3.8) is 0 Å². The lowest BCUT2D eigenvalue weighted by Gasteiger charge is -2.16. The van der Waals surface area contributed by atoms with Crippen LogP contribution in [-0.2, 0) is 6.42 Å². The first-order chi connectivity index (χ1) is 16.3. The summed E-state index contributed by atoms with van der Waals surface area (Å²) in [7, 11) is 0. The van der Waals surface area contributed by atoms with Gasteiger partial charge < -0.3 is 0 Å². The van der Waals surface area contributed by atoms with Gasteiger partial charge in [-0.2, -0.15) is 0 Å². The van der Waals surface area contributed by atoms with Crippen LogP contribution in [0.25, 0.3) is 22.3 Å². The molecule has 0 unspecified atom stereocenters.